The highest BCUT2D eigenvalue weighted by molar-refractivity contribution is 4.81. The molecule has 0 amide bonds. The summed E-state index contributed by atoms with van der Waals surface area (Å²) in [5, 5.41) is 9.34. The van der Waals surface area contributed by atoms with E-state index in [0.717, 1.165) is 12.8 Å². The van der Waals surface area contributed by atoms with Crippen molar-refractivity contribution in [2.45, 2.75) is 72.6 Å². The van der Waals surface area contributed by atoms with Crippen molar-refractivity contribution in [3.05, 3.63) is 0 Å². The van der Waals surface area contributed by atoms with Crippen LogP contribution in [0.4, 0.5) is 0 Å². The highest BCUT2D eigenvalue weighted by Gasteiger charge is 2.26. The highest BCUT2D eigenvalue weighted by atomic mass is 16.3. The topological polar surface area (TPSA) is 23.5 Å². The molecule has 0 bridgehead atoms. The van der Waals surface area contributed by atoms with Crippen LogP contribution in [0.3, 0.4) is 0 Å². The molecule has 2 unspecified atom stereocenters. The molecule has 1 heterocycles. The van der Waals surface area contributed by atoms with E-state index in [1.807, 2.05) is 27.7 Å². The molecule has 1 aliphatic rings. The van der Waals surface area contributed by atoms with Gasteiger partial charge in [0.15, 0.2) is 0 Å². The van der Waals surface area contributed by atoms with Gasteiger partial charge in [0, 0.05) is 12.1 Å². The van der Waals surface area contributed by atoms with E-state index in [2.05, 4.69) is 25.8 Å². The number of rotatable bonds is 0. The zero-order valence-corrected chi connectivity index (χ0v) is 11.0. The molecule has 1 fully saturated rings. The van der Waals surface area contributed by atoms with Crippen LogP contribution in [-0.4, -0.2) is 35.2 Å². The van der Waals surface area contributed by atoms with Gasteiger partial charge in [0.1, 0.15) is 0 Å². The number of nitrogens with zero attached hydrogens (tertiary/aromatic N) is 1. The number of piperidine rings is 1. The first-order chi connectivity index (χ1) is 6.61. The molecule has 0 saturated carbocycles. The summed E-state index contributed by atoms with van der Waals surface area (Å²) < 4.78 is 0. The molecule has 1 rings (SSSR count). The predicted octanol–water partition coefficient (Wildman–Crippen LogP) is 2.90. The highest BCUT2D eigenvalue weighted by Crippen LogP contribution is 2.20. The molecule has 0 aliphatic carbocycles. The van der Waals surface area contributed by atoms with Crippen LogP contribution in [0.15, 0.2) is 0 Å². The molecule has 1 N–H and O–H groups in total. The lowest BCUT2D eigenvalue weighted by atomic mass is 9.96. The fraction of sp³-hybridized carbons (Fsp3) is 1.00. The molecule has 0 radical (unpaired) electrons. The number of hydrogen-bond acceptors (Lipinski definition) is 2. The molecule has 0 spiro atoms. The molecule has 0 aromatic heterocycles. The average Bonchev–Trinajstić information content (AvgIpc) is 2.20. The Labute approximate surface area is 90.3 Å². The smallest absolute Gasteiger partial charge is 0.0569 e. The molecule has 0 aromatic carbocycles. The number of hydrogen-bond donors (Lipinski definition) is 1. The zero-order valence-electron chi connectivity index (χ0n) is 11.0. The molecular weight excluding hydrogens is 174 g/mol. The van der Waals surface area contributed by atoms with Gasteiger partial charge in [0.25, 0.3) is 0 Å². The van der Waals surface area contributed by atoms with Crippen molar-refractivity contribution >= 4 is 0 Å². The lowest BCUT2D eigenvalue weighted by molar-refractivity contribution is 0.0290. The number of aliphatic hydroxyl groups is 1. The van der Waals surface area contributed by atoms with E-state index >= 15 is 0 Å². The normalized spacial score (nSPS) is 32.1. The van der Waals surface area contributed by atoms with Gasteiger partial charge in [-0.05, 0) is 33.7 Å². The van der Waals surface area contributed by atoms with E-state index in [1.54, 1.807) is 0 Å². The summed E-state index contributed by atoms with van der Waals surface area (Å²) in [7, 11) is 2.13. The van der Waals surface area contributed by atoms with Crippen molar-refractivity contribution in [1.82, 2.24) is 4.90 Å². The Balaban J connectivity index is 0. The predicted molar refractivity (Wildman–Crippen MR) is 64.6 cm³/mol. The Morgan fingerprint density at radius 2 is 1.21 bits per heavy atom. The first kappa shape index (κ1) is 16.4. The first-order valence-electron chi connectivity index (χ1n) is 6.01. The minimum absolute atomic E-state index is 0.0683. The SMILES string of the molecule is CC.CC.CC1CC(O)CC(C)N1C. The third kappa shape index (κ3) is 5.61. The van der Waals surface area contributed by atoms with Crippen molar-refractivity contribution in [1.29, 1.82) is 0 Å². The summed E-state index contributed by atoms with van der Waals surface area (Å²) in [5.74, 6) is 0. The summed E-state index contributed by atoms with van der Waals surface area (Å²) in [4.78, 5) is 2.33. The van der Waals surface area contributed by atoms with Gasteiger partial charge in [-0.15, -0.1) is 0 Å². The fourth-order valence-electron chi connectivity index (χ4n) is 1.65. The first-order valence-corrected chi connectivity index (χ1v) is 6.01. The standard InChI is InChI=1S/C8H17NO.2C2H6/c1-6-4-8(10)5-7(2)9(6)3;2*1-2/h6-8,10H,4-5H2,1-3H3;2*1-2H3. The number of aliphatic hydroxyl groups excluding tert-OH is 1. The Morgan fingerprint density at radius 1 is 0.929 bits per heavy atom. The van der Waals surface area contributed by atoms with Crippen LogP contribution in [0.25, 0.3) is 0 Å². The lowest BCUT2D eigenvalue weighted by Gasteiger charge is -2.38. The van der Waals surface area contributed by atoms with Gasteiger partial charge < -0.3 is 10.0 Å². The van der Waals surface area contributed by atoms with E-state index in [0.29, 0.717) is 12.1 Å². The average molecular weight is 203 g/mol. The fourth-order valence-corrected chi connectivity index (χ4v) is 1.65. The quantitative estimate of drug-likeness (QED) is 0.654. The maximum Gasteiger partial charge on any atom is 0.0569 e. The largest absolute Gasteiger partial charge is 0.393 e. The molecule has 0 aromatic rings. The second kappa shape index (κ2) is 9.47. The molecule has 1 aliphatic heterocycles. The van der Waals surface area contributed by atoms with E-state index in [1.165, 1.54) is 0 Å². The molecule has 2 nitrogen and oxygen atoms in total. The molecule has 1 saturated heterocycles. The van der Waals surface area contributed by atoms with Gasteiger partial charge in [0.2, 0.25) is 0 Å². The Hall–Kier alpha value is -0.0800. The third-order valence-corrected chi connectivity index (χ3v) is 2.62. The second-order valence-electron chi connectivity index (χ2n) is 3.49. The number of likely N-dealkylation sites (tertiary alicyclic amines) is 1. The molecule has 14 heavy (non-hydrogen) atoms. The minimum atomic E-state index is -0.0683. The molecule has 2 heteroatoms. The van der Waals surface area contributed by atoms with Crippen LogP contribution in [0.2, 0.25) is 0 Å². The maximum atomic E-state index is 9.34. The lowest BCUT2D eigenvalue weighted by Crippen LogP contribution is -2.45. The van der Waals surface area contributed by atoms with Crippen LogP contribution in [0.1, 0.15) is 54.4 Å². The van der Waals surface area contributed by atoms with Gasteiger partial charge in [-0.25, -0.2) is 0 Å². The van der Waals surface area contributed by atoms with Gasteiger partial charge >= 0.3 is 0 Å². The summed E-state index contributed by atoms with van der Waals surface area (Å²) >= 11 is 0. The Kier molecular flexibility index (Phi) is 11.1. The summed E-state index contributed by atoms with van der Waals surface area (Å²) in [6, 6.07) is 1.08. The monoisotopic (exact) mass is 203 g/mol. The van der Waals surface area contributed by atoms with Gasteiger partial charge in [-0.3, -0.25) is 0 Å². The van der Waals surface area contributed by atoms with Gasteiger partial charge in [-0.1, -0.05) is 27.7 Å². The van der Waals surface area contributed by atoms with E-state index < -0.39 is 0 Å². The van der Waals surface area contributed by atoms with Crippen molar-refractivity contribution in [2.24, 2.45) is 0 Å². The molecule has 88 valence electrons. The second-order valence-corrected chi connectivity index (χ2v) is 3.49. The van der Waals surface area contributed by atoms with Crippen LogP contribution in [0, 0.1) is 0 Å². The zero-order chi connectivity index (χ0) is 11.7. The van der Waals surface area contributed by atoms with Crippen molar-refractivity contribution < 1.29 is 5.11 Å². The molecular formula is C12H29NO. The van der Waals surface area contributed by atoms with Crippen LogP contribution in [-0.2, 0) is 0 Å². The van der Waals surface area contributed by atoms with Crippen LogP contribution < -0.4 is 0 Å². The van der Waals surface area contributed by atoms with Crippen molar-refractivity contribution in [2.75, 3.05) is 7.05 Å². The minimum Gasteiger partial charge on any atom is -0.393 e. The van der Waals surface area contributed by atoms with E-state index in [9.17, 15) is 5.11 Å². The van der Waals surface area contributed by atoms with Crippen LogP contribution in [0.5, 0.6) is 0 Å². The molecule has 2 atom stereocenters. The summed E-state index contributed by atoms with van der Waals surface area (Å²) in [5.41, 5.74) is 0. The Bertz CT molecular complexity index is 105. The van der Waals surface area contributed by atoms with Crippen LogP contribution >= 0.6 is 0 Å². The van der Waals surface area contributed by atoms with Gasteiger partial charge in [-0.2, -0.15) is 0 Å². The Morgan fingerprint density at radius 3 is 1.50 bits per heavy atom. The summed E-state index contributed by atoms with van der Waals surface area (Å²) in [6.45, 7) is 12.3. The maximum absolute atomic E-state index is 9.34. The van der Waals surface area contributed by atoms with Crippen molar-refractivity contribution in [3.8, 4) is 0 Å². The van der Waals surface area contributed by atoms with E-state index in [-0.39, 0.29) is 6.10 Å². The third-order valence-electron chi connectivity index (χ3n) is 2.62. The van der Waals surface area contributed by atoms with Crippen molar-refractivity contribution in [3.63, 3.8) is 0 Å². The van der Waals surface area contributed by atoms with Gasteiger partial charge in [0.05, 0.1) is 6.10 Å². The summed E-state index contributed by atoms with van der Waals surface area (Å²) in [6.07, 6.45) is 1.79. The van der Waals surface area contributed by atoms with E-state index in [4.69, 9.17) is 0 Å².